The van der Waals surface area contributed by atoms with Gasteiger partial charge in [-0.15, -0.1) is 0 Å². The molecule has 1 aliphatic heterocycles. The molecule has 0 aliphatic carbocycles. The number of amides is 2. The van der Waals surface area contributed by atoms with Crippen LogP contribution in [0.4, 0.5) is 10.1 Å². The maximum absolute atomic E-state index is 13.2. The van der Waals surface area contributed by atoms with Crippen molar-refractivity contribution in [2.75, 3.05) is 18.4 Å². The minimum Gasteiger partial charge on any atom is -0.459 e. The molecule has 160 valence electrons. The summed E-state index contributed by atoms with van der Waals surface area (Å²) in [4.78, 5) is 27.3. The van der Waals surface area contributed by atoms with E-state index in [1.165, 1.54) is 30.5 Å². The molecule has 2 heterocycles. The molecule has 2 N–H and O–H groups in total. The summed E-state index contributed by atoms with van der Waals surface area (Å²) in [5.41, 5.74) is 1.38. The third kappa shape index (κ3) is 5.19. The number of nitrogens with zero attached hydrogens (tertiary/aromatic N) is 1. The maximum Gasteiger partial charge on any atom is 0.289 e. The van der Waals surface area contributed by atoms with Gasteiger partial charge in [0, 0.05) is 24.8 Å². The minimum absolute atomic E-state index is 0.0739. The van der Waals surface area contributed by atoms with E-state index in [0.29, 0.717) is 24.5 Å². The van der Waals surface area contributed by atoms with E-state index < -0.39 is 6.04 Å². The molecule has 3 aromatic rings. The quantitative estimate of drug-likeness (QED) is 0.631. The lowest BCUT2D eigenvalue weighted by atomic mass is 10.00. The summed E-state index contributed by atoms with van der Waals surface area (Å²) in [5.74, 6) is -0.345. The molecule has 0 unspecified atom stereocenters. The second kappa shape index (κ2) is 9.57. The van der Waals surface area contributed by atoms with E-state index in [1.54, 1.807) is 17.0 Å². The van der Waals surface area contributed by atoms with Crippen molar-refractivity contribution in [2.45, 2.75) is 24.9 Å². The minimum atomic E-state index is -0.566. The number of hydrogen-bond acceptors (Lipinski definition) is 4. The number of halogens is 1. The molecular weight excluding hydrogens is 397 g/mol. The van der Waals surface area contributed by atoms with E-state index in [-0.39, 0.29) is 23.7 Å². The molecule has 0 radical (unpaired) electrons. The summed E-state index contributed by atoms with van der Waals surface area (Å²) >= 11 is 0. The van der Waals surface area contributed by atoms with Crippen LogP contribution in [0, 0.1) is 5.82 Å². The molecule has 2 amide bonds. The Morgan fingerprint density at radius 1 is 0.968 bits per heavy atom. The highest BCUT2D eigenvalue weighted by molar-refractivity contribution is 5.95. The molecule has 1 atom stereocenters. The number of rotatable bonds is 6. The van der Waals surface area contributed by atoms with Gasteiger partial charge in [0.25, 0.3) is 5.91 Å². The Morgan fingerprint density at radius 2 is 1.68 bits per heavy atom. The number of benzene rings is 2. The summed E-state index contributed by atoms with van der Waals surface area (Å²) in [6.07, 6.45) is 2.94. The fourth-order valence-corrected chi connectivity index (χ4v) is 3.76. The predicted octanol–water partition coefficient (Wildman–Crippen LogP) is 3.99. The zero-order valence-corrected chi connectivity index (χ0v) is 17.0. The van der Waals surface area contributed by atoms with Crippen LogP contribution in [0.15, 0.2) is 77.4 Å². The lowest BCUT2D eigenvalue weighted by Crippen LogP contribution is -2.47. The number of anilines is 1. The molecule has 0 spiro atoms. The van der Waals surface area contributed by atoms with Crippen LogP contribution >= 0.6 is 0 Å². The number of nitrogens with one attached hydrogen (secondary N) is 2. The van der Waals surface area contributed by atoms with Crippen LogP contribution in [0.2, 0.25) is 0 Å². The first kappa shape index (κ1) is 20.8. The normalized spacial score (nSPS) is 15.5. The summed E-state index contributed by atoms with van der Waals surface area (Å²) in [7, 11) is 0. The zero-order chi connectivity index (χ0) is 21.6. The number of piperidine rings is 1. The Balaban J connectivity index is 1.41. The van der Waals surface area contributed by atoms with E-state index in [1.807, 2.05) is 30.3 Å². The van der Waals surface area contributed by atoms with Crippen LogP contribution in [0.1, 0.15) is 35.0 Å². The third-order valence-corrected chi connectivity index (χ3v) is 5.42. The second-order valence-corrected chi connectivity index (χ2v) is 7.55. The van der Waals surface area contributed by atoms with Crippen LogP contribution in [-0.4, -0.2) is 35.8 Å². The van der Waals surface area contributed by atoms with E-state index in [0.717, 1.165) is 18.4 Å². The first-order valence-electron chi connectivity index (χ1n) is 10.3. The Hall–Kier alpha value is -3.45. The van der Waals surface area contributed by atoms with Gasteiger partial charge in [0.1, 0.15) is 11.9 Å². The summed E-state index contributed by atoms with van der Waals surface area (Å²) < 4.78 is 18.4. The number of furan rings is 1. The summed E-state index contributed by atoms with van der Waals surface area (Å²) in [6, 6.07) is 18.0. The molecule has 1 aromatic heterocycles. The van der Waals surface area contributed by atoms with Gasteiger partial charge in [0.05, 0.1) is 6.26 Å². The van der Waals surface area contributed by atoms with E-state index in [9.17, 15) is 14.0 Å². The van der Waals surface area contributed by atoms with Crippen molar-refractivity contribution in [3.8, 4) is 0 Å². The zero-order valence-electron chi connectivity index (χ0n) is 17.0. The first-order valence-corrected chi connectivity index (χ1v) is 10.3. The molecule has 4 rings (SSSR count). The van der Waals surface area contributed by atoms with Crippen molar-refractivity contribution in [3.05, 3.63) is 90.1 Å². The molecule has 2 aromatic carbocycles. The Labute approximate surface area is 180 Å². The van der Waals surface area contributed by atoms with Crippen molar-refractivity contribution in [1.82, 2.24) is 10.2 Å². The molecule has 7 heteroatoms. The van der Waals surface area contributed by atoms with E-state index >= 15 is 0 Å². The number of likely N-dealkylation sites (tertiary alicyclic amines) is 1. The van der Waals surface area contributed by atoms with Crippen molar-refractivity contribution in [2.24, 2.45) is 0 Å². The van der Waals surface area contributed by atoms with Crippen LogP contribution in [0.25, 0.3) is 0 Å². The van der Waals surface area contributed by atoms with Gasteiger partial charge >= 0.3 is 0 Å². The van der Waals surface area contributed by atoms with Crippen LogP contribution in [0.5, 0.6) is 0 Å². The summed E-state index contributed by atoms with van der Waals surface area (Å²) in [6.45, 7) is 1.16. The highest BCUT2D eigenvalue weighted by Gasteiger charge is 2.29. The lowest BCUT2D eigenvalue weighted by Gasteiger charge is -2.34. The van der Waals surface area contributed by atoms with Gasteiger partial charge in [-0.25, -0.2) is 4.39 Å². The summed E-state index contributed by atoms with van der Waals surface area (Å²) in [5, 5.41) is 6.31. The molecule has 0 saturated carbocycles. The van der Waals surface area contributed by atoms with Gasteiger partial charge in [0.2, 0.25) is 5.91 Å². The number of carbonyl (C=O) groups is 2. The fourth-order valence-electron chi connectivity index (χ4n) is 3.76. The monoisotopic (exact) mass is 421 g/mol. The van der Waals surface area contributed by atoms with E-state index in [4.69, 9.17) is 4.42 Å². The molecule has 0 bridgehead atoms. The Kier molecular flexibility index (Phi) is 6.43. The number of hydrogen-bond donors (Lipinski definition) is 2. The Morgan fingerprint density at radius 3 is 2.32 bits per heavy atom. The highest BCUT2D eigenvalue weighted by atomic mass is 19.1. The van der Waals surface area contributed by atoms with Crippen molar-refractivity contribution < 1.29 is 18.4 Å². The average molecular weight is 421 g/mol. The van der Waals surface area contributed by atoms with Gasteiger partial charge in [-0.1, -0.05) is 30.3 Å². The first-order chi connectivity index (χ1) is 15.1. The van der Waals surface area contributed by atoms with Crippen molar-refractivity contribution in [1.29, 1.82) is 0 Å². The molecule has 1 aliphatic rings. The van der Waals surface area contributed by atoms with Crippen molar-refractivity contribution >= 4 is 17.5 Å². The van der Waals surface area contributed by atoms with Gasteiger partial charge < -0.3 is 14.6 Å². The smallest absolute Gasteiger partial charge is 0.289 e. The molecule has 31 heavy (non-hydrogen) atoms. The highest BCUT2D eigenvalue weighted by Crippen LogP contribution is 2.21. The average Bonchev–Trinajstić information content (AvgIpc) is 3.34. The van der Waals surface area contributed by atoms with Crippen LogP contribution in [-0.2, 0) is 4.79 Å². The molecular formula is C24H24FN3O3. The lowest BCUT2D eigenvalue weighted by molar-refractivity contribution is -0.118. The van der Waals surface area contributed by atoms with Crippen molar-refractivity contribution in [3.63, 3.8) is 0 Å². The largest absolute Gasteiger partial charge is 0.459 e. The Bertz CT molecular complexity index is 998. The third-order valence-electron chi connectivity index (χ3n) is 5.42. The molecule has 6 nitrogen and oxygen atoms in total. The molecule has 1 fully saturated rings. The topological polar surface area (TPSA) is 74.6 Å². The predicted molar refractivity (Wildman–Crippen MR) is 115 cm³/mol. The maximum atomic E-state index is 13.2. The van der Waals surface area contributed by atoms with Gasteiger partial charge in [-0.2, -0.15) is 0 Å². The van der Waals surface area contributed by atoms with Gasteiger partial charge in [-0.05, 0) is 54.8 Å². The fraction of sp³-hybridized carbons (Fsp3) is 0.250. The standard InChI is InChI=1S/C24H24FN3O3/c25-18-8-10-19(11-9-18)27-23(29)22(17-5-2-1-3-6-17)26-20-12-14-28(15-13-20)24(30)21-7-4-16-31-21/h1-11,16,20,22,26H,12-15H2,(H,27,29)/t22-/m1/s1. The molecule has 1 saturated heterocycles. The second-order valence-electron chi connectivity index (χ2n) is 7.55. The van der Waals surface area contributed by atoms with Gasteiger partial charge in [0.15, 0.2) is 5.76 Å². The van der Waals surface area contributed by atoms with Gasteiger partial charge in [-0.3, -0.25) is 14.9 Å². The number of carbonyl (C=O) groups excluding carboxylic acids is 2. The van der Waals surface area contributed by atoms with Crippen LogP contribution < -0.4 is 10.6 Å². The van der Waals surface area contributed by atoms with E-state index in [2.05, 4.69) is 10.6 Å². The SMILES string of the molecule is O=C(Nc1ccc(F)cc1)[C@H](NC1CCN(C(=O)c2ccco2)CC1)c1ccccc1. The van der Waals surface area contributed by atoms with Crippen LogP contribution in [0.3, 0.4) is 0 Å².